The Labute approximate surface area is 165 Å². The van der Waals surface area contributed by atoms with E-state index in [9.17, 15) is 4.79 Å². The van der Waals surface area contributed by atoms with Crippen LogP contribution in [0.4, 0.5) is 11.4 Å². The zero-order chi connectivity index (χ0) is 19.7. The van der Waals surface area contributed by atoms with Crippen LogP contribution in [-0.2, 0) is 0 Å². The third-order valence-electron chi connectivity index (χ3n) is 5.34. The monoisotopic (exact) mass is 377 g/mol. The van der Waals surface area contributed by atoms with Gasteiger partial charge in [-0.05, 0) is 70.4 Å². The Balaban J connectivity index is 1.52. The van der Waals surface area contributed by atoms with E-state index in [1.807, 2.05) is 29.8 Å². The van der Waals surface area contributed by atoms with Gasteiger partial charge in [-0.25, -0.2) is 9.67 Å². The number of piperidine rings is 1. The number of carbonyl (C=O) groups excluding carboxylic acids is 1. The lowest BCUT2D eigenvalue weighted by Gasteiger charge is -2.28. The third-order valence-corrected chi connectivity index (χ3v) is 5.34. The molecule has 0 saturated carbocycles. The van der Waals surface area contributed by atoms with E-state index >= 15 is 0 Å². The predicted octanol–water partition coefficient (Wildman–Crippen LogP) is 4.56. The van der Waals surface area contributed by atoms with Crippen LogP contribution in [0.15, 0.2) is 36.5 Å². The molecule has 3 heterocycles. The van der Waals surface area contributed by atoms with Gasteiger partial charge in [-0.1, -0.05) is 0 Å². The molecule has 0 radical (unpaired) electrons. The number of benzene rings is 1. The molecule has 28 heavy (non-hydrogen) atoms. The molecule has 2 aromatic heterocycles. The molecule has 6 heteroatoms. The zero-order valence-electron chi connectivity index (χ0n) is 16.8. The molecule has 1 aliphatic heterocycles. The number of hydrogen-bond donors (Lipinski definition) is 1. The van der Waals surface area contributed by atoms with Crippen LogP contribution in [0.2, 0.25) is 0 Å². The lowest BCUT2D eigenvalue weighted by molar-refractivity contribution is 0.102. The highest BCUT2D eigenvalue weighted by Crippen LogP contribution is 2.23. The summed E-state index contributed by atoms with van der Waals surface area (Å²) in [4.78, 5) is 19.9. The number of anilines is 2. The van der Waals surface area contributed by atoms with Crippen LogP contribution in [0.5, 0.6) is 0 Å². The number of rotatable bonds is 4. The first-order chi connectivity index (χ1) is 13.5. The summed E-state index contributed by atoms with van der Waals surface area (Å²) in [6, 6.07) is 10.2. The molecule has 0 aliphatic carbocycles. The van der Waals surface area contributed by atoms with Crippen LogP contribution in [0.3, 0.4) is 0 Å². The molecule has 1 N–H and O–H groups in total. The van der Waals surface area contributed by atoms with Crippen LogP contribution < -0.4 is 10.2 Å². The molecule has 0 bridgehead atoms. The summed E-state index contributed by atoms with van der Waals surface area (Å²) in [5, 5.41) is 8.27. The molecule has 1 saturated heterocycles. The molecular weight excluding hydrogens is 350 g/mol. The Morgan fingerprint density at radius 1 is 1.11 bits per heavy atom. The van der Waals surface area contributed by atoms with Gasteiger partial charge in [0.1, 0.15) is 0 Å². The Bertz CT molecular complexity index is 984. The van der Waals surface area contributed by atoms with Gasteiger partial charge in [0, 0.05) is 35.9 Å². The maximum Gasteiger partial charge on any atom is 0.257 e. The number of carbonyl (C=O) groups is 1. The van der Waals surface area contributed by atoms with Crippen molar-refractivity contribution < 1.29 is 4.79 Å². The minimum Gasteiger partial charge on any atom is -0.372 e. The lowest BCUT2D eigenvalue weighted by Crippen LogP contribution is -2.29. The predicted molar refractivity (Wildman–Crippen MR) is 113 cm³/mol. The number of nitrogens with one attached hydrogen (secondary N) is 1. The number of pyridine rings is 1. The van der Waals surface area contributed by atoms with Crippen molar-refractivity contribution in [2.24, 2.45) is 0 Å². The molecule has 1 aliphatic rings. The van der Waals surface area contributed by atoms with Gasteiger partial charge in [-0.15, -0.1) is 0 Å². The van der Waals surface area contributed by atoms with Gasteiger partial charge in [0.25, 0.3) is 5.91 Å². The highest BCUT2D eigenvalue weighted by molar-refractivity contribution is 6.06. The van der Waals surface area contributed by atoms with Crippen LogP contribution >= 0.6 is 0 Å². The third kappa shape index (κ3) is 3.59. The molecule has 0 unspecified atom stereocenters. The van der Waals surface area contributed by atoms with Crippen molar-refractivity contribution in [1.82, 2.24) is 14.8 Å². The molecule has 0 spiro atoms. The van der Waals surface area contributed by atoms with Gasteiger partial charge >= 0.3 is 0 Å². The first kappa shape index (κ1) is 18.5. The summed E-state index contributed by atoms with van der Waals surface area (Å²) in [5.41, 5.74) is 4.12. The quantitative estimate of drug-likeness (QED) is 0.724. The van der Waals surface area contributed by atoms with Crippen LogP contribution in [0.1, 0.15) is 55.2 Å². The van der Waals surface area contributed by atoms with Crippen molar-refractivity contribution in [3.63, 3.8) is 0 Å². The summed E-state index contributed by atoms with van der Waals surface area (Å²) in [6.07, 6.45) is 5.59. The van der Waals surface area contributed by atoms with Gasteiger partial charge < -0.3 is 10.2 Å². The molecule has 4 rings (SSSR count). The van der Waals surface area contributed by atoms with Gasteiger partial charge in [0.15, 0.2) is 5.65 Å². The highest BCUT2D eigenvalue weighted by atomic mass is 16.1. The number of hydrogen-bond acceptors (Lipinski definition) is 4. The van der Waals surface area contributed by atoms with E-state index < -0.39 is 0 Å². The van der Waals surface area contributed by atoms with Crippen molar-refractivity contribution in [1.29, 1.82) is 0 Å². The minimum atomic E-state index is -0.144. The topological polar surface area (TPSA) is 63.1 Å². The van der Waals surface area contributed by atoms with Crippen LogP contribution in [0, 0.1) is 6.92 Å². The summed E-state index contributed by atoms with van der Waals surface area (Å²) in [5.74, 6) is -0.144. The Hall–Kier alpha value is -2.89. The summed E-state index contributed by atoms with van der Waals surface area (Å²) in [7, 11) is 0. The summed E-state index contributed by atoms with van der Waals surface area (Å²) in [6.45, 7) is 8.22. The number of nitrogens with zero attached hydrogens (tertiary/aromatic N) is 4. The number of amides is 1. The fourth-order valence-electron chi connectivity index (χ4n) is 3.78. The van der Waals surface area contributed by atoms with Gasteiger partial charge in [-0.2, -0.15) is 5.10 Å². The van der Waals surface area contributed by atoms with E-state index in [4.69, 9.17) is 0 Å². The average molecular weight is 377 g/mol. The van der Waals surface area contributed by atoms with Crippen molar-refractivity contribution in [3.05, 3.63) is 47.8 Å². The second kappa shape index (κ2) is 7.62. The first-order valence-corrected chi connectivity index (χ1v) is 10.0. The van der Waals surface area contributed by atoms with Crippen molar-refractivity contribution >= 4 is 28.3 Å². The largest absolute Gasteiger partial charge is 0.372 e. The van der Waals surface area contributed by atoms with E-state index in [0.717, 1.165) is 29.8 Å². The Kier molecular flexibility index (Phi) is 5.03. The van der Waals surface area contributed by atoms with Gasteiger partial charge in [0.05, 0.1) is 17.5 Å². The van der Waals surface area contributed by atoms with Crippen LogP contribution in [0.25, 0.3) is 11.0 Å². The normalized spacial score (nSPS) is 14.6. The minimum absolute atomic E-state index is 0.144. The number of aryl methyl sites for hydroxylation is 1. The average Bonchev–Trinajstić information content (AvgIpc) is 3.11. The molecule has 1 aromatic carbocycles. The molecule has 6 nitrogen and oxygen atoms in total. The van der Waals surface area contributed by atoms with E-state index in [0.29, 0.717) is 11.3 Å². The van der Waals surface area contributed by atoms with Crippen molar-refractivity contribution in [3.8, 4) is 0 Å². The Morgan fingerprint density at radius 3 is 2.50 bits per heavy atom. The molecule has 0 atom stereocenters. The van der Waals surface area contributed by atoms with Gasteiger partial charge in [-0.3, -0.25) is 4.79 Å². The maximum absolute atomic E-state index is 12.8. The second-order valence-electron chi connectivity index (χ2n) is 7.77. The second-order valence-corrected chi connectivity index (χ2v) is 7.77. The van der Waals surface area contributed by atoms with Gasteiger partial charge in [0.2, 0.25) is 0 Å². The smallest absolute Gasteiger partial charge is 0.257 e. The molecule has 3 aromatic rings. The fraction of sp³-hybridized carbons (Fsp3) is 0.409. The zero-order valence-corrected chi connectivity index (χ0v) is 16.8. The van der Waals surface area contributed by atoms with Crippen LogP contribution in [-0.4, -0.2) is 33.8 Å². The summed E-state index contributed by atoms with van der Waals surface area (Å²) >= 11 is 0. The van der Waals surface area contributed by atoms with E-state index in [-0.39, 0.29) is 11.9 Å². The van der Waals surface area contributed by atoms with Crippen molar-refractivity contribution in [2.45, 2.75) is 46.1 Å². The van der Waals surface area contributed by atoms with E-state index in [1.54, 1.807) is 6.20 Å². The first-order valence-electron chi connectivity index (χ1n) is 10.0. The van der Waals surface area contributed by atoms with E-state index in [2.05, 4.69) is 46.3 Å². The molecule has 1 amide bonds. The van der Waals surface area contributed by atoms with E-state index in [1.165, 1.54) is 24.9 Å². The molecule has 1 fully saturated rings. The summed E-state index contributed by atoms with van der Waals surface area (Å²) < 4.78 is 1.88. The standard InChI is InChI=1S/C22H27N5O/c1-15(2)27-21-17(14-23-27)13-20(16(3)24-21)22(28)25-18-7-9-19(10-8-18)26-11-5-4-6-12-26/h7-10,13-15H,4-6,11-12H2,1-3H3,(H,25,28). The molecule has 146 valence electrons. The lowest BCUT2D eigenvalue weighted by atomic mass is 10.1. The maximum atomic E-state index is 12.8. The molecular formula is C22H27N5O. The fourth-order valence-corrected chi connectivity index (χ4v) is 3.78. The number of fused-ring (bicyclic) bond motifs is 1. The highest BCUT2D eigenvalue weighted by Gasteiger charge is 2.16. The van der Waals surface area contributed by atoms with Crippen molar-refractivity contribution in [2.75, 3.05) is 23.3 Å². The number of aromatic nitrogens is 3. The Morgan fingerprint density at radius 2 is 1.82 bits per heavy atom. The SMILES string of the molecule is Cc1nc2c(cnn2C(C)C)cc1C(=O)Nc1ccc(N2CCCCC2)cc1.